The number of aromatic nitrogens is 2. The summed E-state index contributed by atoms with van der Waals surface area (Å²) in [7, 11) is 2.14. The van der Waals surface area contributed by atoms with E-state index in [1.165, 1.54) is 17.5 Å². The zero-order valence-corrected chi connectivity index (χ0v) is 15.2. The van der Waals surface area contributed by atoms with Crippen molar-refractivity contribution >= 4 is 11.8 Å². The van der Waals surface area contributed by atoms with E-state index in [9.17, 15) is 0 Å². The molecule has 132 valence electrons. The minimum absolute atomic E-state index is 0.442. The lowest BCUT2D eigenvalue weighted by molar-refractivity contribution is 0.158. The SMILES string of the molecule is C[C@@H]1CCN(Cc2ccccc2)C[C@@H]1N(C)c1ncc2c(n1)NCC2. The van der Waals surface area contributed by atoms with Gasteiger partial charge in [0.05, 0.1) is 0 Å². The number of nitrogens with zero attached hydrogens (tertiary/aromatic N) is 4. The van der Waals surface area contributed by atoms with Crippen LogP contribution in [0.5, 0.6) is 0 Å². The van der Waals surface area contributed by atoms with Crippen LogP contribution < -0.4 is 10.2 Å². The molecule has 25 heavy (non-hydrogen) atoms. The van der Waals surface area contributed by atoms with E-state index in [0.717, 1.165) is 44.4 Å². The summed E-state index contributed by atoms with van der Waals surface area (Å²) in [5.74, 6) is 2.50. The fourth-order valence-corrected chi connectivity index (χ4v) is 3.97. The van der Waals surface area contributed by atoms with Crippen LogP contribution in [0.1, 0.15) is 24.5 Å². The van der Waals surface area contributed by atoms with Crippen LogP contribution in [0.25, 0.3) is 0 Å². The molecule has 0 saturated carbocycles. The van der Waals surface area contributed by atoms with Gasteiger partial charge in [0, 0.05) is 44.5 Å². The molecule has 5 heteroatoms. The van der Waals surface area contributed by atoms with Gasteiger partial charge in [-0.2, -0.15) is 4.98 Å². The molecule has 1 saturated heterocycles. The second kappa shape index (κ2) is 7.00. The summed E-state index contributed by atoms with van der Waals surface area (Å²) in [6.07, 6.45) is 4.23. The zero-order valence-electron chi connectivity index (χ0n) is 15.2. The average molecular weight is 337 g/mol. The topological polar surface area (TPSA) is 44.3 Å². The maximum atomic E-state index is 4.76. The maximum Gasteiger partial charge on any atom is 0.227 e. The van der Waals surface area contributed by atoms with Crippen molar-refractivity contribution in [1.29, 1.82) is 0 Å². The normalized spacial score (nSPS) is 23.1. The lowest BCUT2D eigenvalue weighted by Gasteiger charge is -2.41. The van der Waals surface area contributed by atoms with Crippen LogP contribution in [0.2, 0.25) is 0 Å². The molecule has 0 aliphatic carbocycles. The molecule has 0 radical (unpaired) electrons. The van der Waals surface area contributed by atoms with Crippen molar-refractivity contribution in [1.82, 2.24) is 14.9 Å². The number of fused-ring (bicyclic) bond motifs is 1. The second-order valence-corrected chi connectivity index (χ2v) is 7.39. The van der Waals surface area contributed by atoms with Gasteiger partial charge >= 0.3 is 0 Å². The molecule has 3 heterocycles. The predicted molar refractivity (Wildman–Crippen MR) is 102 cm³/mol. The summed E-state index contributed by atoms with van der Waals surface area (Å²) in [4.78, 5) is 14.2. The third-order valence-electron chi connectivity index (χ3n) is 5.60. The first-order valence-corrected chi connectivity index (χ1v) is 9.29. The number of likely N-dealkylation sites (N-methyl/N-ethyl adjacent to an activating group) is 1. The van der Waals surface area contributed by atoms with E-state index in [1.807, 2.05) is 6.20 Å². The van der Waals surface area contributed by atoms with Crippen LogP contribution in [-0.4, -0.2) is 47.6 Å². The molecular weight excluding hydrogens is 310 g/mol. The smallest absolute Gasteiger partial charge is 0.227 e. The molecule has 5 nitrogen and oxygen atoms in total. The summed E-state index contributed by atoms with van der Waals surface area (Å²) >= 11 is 0. The van der Waals surface area contributed by atoms with Gasteiger partial charge in [0.1, 0.15) is 5.82 Å². The maximum absolute atomic E-state index is 4.76. The molecule has 1 aromatic carbocycles. The van der Waals surface area contributed by atoms with E-state index < -0.39 is 0 Å². The lowest BCUT2D eigenvalue weighted by atomic mass is 9.92. The molecule has 2 atom stereocenters. The van der Waals surface area contributed by atoms with Crippen LogP contribution in [0.15, 0.2) is 36.5 Å². The highest BCUT2D eigenvalue weighted by atomic mass is 15.3. The Morgan fingerprint density at radius 1 is 1.28 bits per heavy atom. The summed E-state index contributed by atoms with van der Waals surface area (Å²) < 4.78 is 0. The van der Waals surface area contributed by atoms with Gasteiger partial charge in [0.2, 0.25) is 5.95 Å². The van der Waals surface area contributed by atoms with Crippen molar-refractivity contribution in [2.24, 2.45) is 5.92 Å². The lowest BCUT2D eigenvalue weighted by Crippen LogP contribution is -2.51. The molecule has 2 aromatic rings. The number of hydrogen-bond donors (Lipinski definition) is 1. The molecule has 1 aromatic heterocycles. The van der Waals surface area contributed by atoms with Crippen molar-refractivity contribution in [2.75, 3.05) is 36.9 Å². The molecule has 4 rings (SSSR count). The van der Waals surface area contributed by atoms with Gasteiger partial charge in [-0.05, 0) is 30.9 Å². The summed E-state index contributed by atoms with van der Waals surface area (Å²) in [5, 5.41) is 3.36. The quantitative estimate of drug-likeness (QED) is 0.929. The van der Waals surface area contributed by atoms with Crippen molar-refractivity contribution < 1.29 is 0 Å². The van der Waals surface area contributed by atoms with E-state index in [-0.39, 0.29) is 0 Å². The highest BCUT2D eigenvalue weighted by Crippen LogP contribution is 2.27. The molecule has 0 unspecified atom stereocenters. The molecule has 1 N–H and O–H groups in total. The van der Waals surface area contributed by atoms with Crippen molar-refractivity contribution in [3.8, 4) is 0 Å². The van der Waals surface area contributed by atoms with Gasteiger partial charge in [-0.15, -0.1) is 0 Å². The zero-order chi connectivity index (χ0) is 17.2. The Labute approximate surface area is 150 Å². The summed E-state index contributed by atoms with van der Waals surface area (Å²) in [5.41, 5.74) is 2.62. The molecular formula is C20H27N5. The van der Waals surface area contributed by atoms with Gasteiger partial charge in [-0.1, -0.05) is 37.3 Å². The van der Waals surface area contributed by atoms with E-state index >= 15 is 0 Å². The van der Waals surface area contributed by atoms with E-state index in [0.29, 0.717) is 12.0 Å². The largest absolute Gasteiger partial charge is 0.369 e. The number of likely N-dealkylation sites (tertiary alicyclic amines) is 1. The molecule has 1 fully saturated rings. The van der Waals surface area contributed by atoms with Crippen LogP contribution in [0, 0.1) is 5.92 Å². The Bertz CT molecular complexity index is 717. The molecule has 0 spiro atoms. The molecule has 2 aliphatic rings. The Hall–Kier alpha value is -2.14. The first-order valence-electron chi connectivity index (χ1n) is 9.29. The number of nitrogens with one attached hydrogen (secondary N) is 1. The fourth-order valence-electron chi connectivity index (χ4n) is 3.97. The number of anilines is 2. The van der Waals surface area contributed by atoms with Gasteiger partial charge in [-0.25, -0.2) is 4.98 Å². The average Bonchev–Trinajstić information content (AvgIpc) is 3.11. The first-order chi connectivity index (χ1) is 12.2. The standard InChI is InChI=1S/C20H27N5/c1-15-9-11-25(13-16-6-4-3-5-7-16)14-18(15)24(2)20-22-12-17-8-10-21-19(17)23-20/h3-7,12,15,18H,8-11,13-14H2,1-2H3,(H,21,22,23)/t15-,18+/m1/s1. The van der Waals surface area contributed by atoms with Gasteiger partial charge in [0.25, 0.3) is 0 Å². The van der Waals surface area contributed by atoms with Gasteiger partial charge in [-0.3, -0.25) is 4.90 Å². The summed E-state index contributed by atoms with van der Waals surface area (Å²) in [6.45, 7) is 6.56. The van der Waals surface area contributed by atoms with Crippen molar-refractivity contribution in [3.05, 3.63) is 47.7 Å². The van der Waals surface area contributed by atoms with Crippen molar-refractivity contribution in [3.63, 3.8) is 0 Å². The number of piperidine rings is 1. The number of hydrogen-bond acceptors (Lipinski definition) is 5. The molecule has 0 amide bonds. The minimum atomic E-state index is 0.442. The van der Waals surface area contributed by atoms with E-state index in [2.05, 4.69) is 64.4 Å². The van der Waals surface area contributed by atoms with Gasteiger partial charge in [0.15, 0.2) is 0 Å². The van der Waals surface area contributed by atoms with Crippen LogP contribution >= 0.6 is 0 Å². The number of benzene rings is 1. The summed E-state index contributed by atoms with van der Waals surface area (Å²) in [6, 6.07) is 11.2. The fraction of sp³-hybridized carbons (Fsp3) is 0.500. The minimum Gasteiger partial charge on any atom is -0.369 e. The van der Waals surface area contributed by atoms with E-state index in [1.54, 1.807) is 0 Å². The highest BCUT2D eigenvalue weighted by Gasteiger charge is 2.31. The molecule has 0 bridgehead atoms. The third kappa shape index (κ3) is 3.47. The number of rotatable bonds is 4. The van der Waals surface area contributed by atoms with Crippen molar-refractivity contribution in [2.45, 2.75) is 32.4 Å². The Kier molecular flexibility index (Phi) is 4.57. The van der Waals surface area contributed by atoms with Crippen LogP contribution in [0.4, 0.5) is 11.8 Å². The monoisotopic (exact) mass is 337 g/mol. The molecule has 2 aliphatic heterocycles. The predicted octanol–water partition coefficient (Wildman–Crippen LogP) is 2.79. The highest BCUT2D eigenvalue weighted by molar-refractivity contribution is 5.51. The van der Waals surface area contributed by atoms with Crippen LogP contribution in [-0.2, 0) is 13.0 Å². The first kappa shape index (κ1) is 16.3. The van der Waals surface area contributed by atoms with E-state index in [4.69, 9.17) is 4.98 Å². The second-order valence-electron chi connectivity index (χ2n) is 7.39. The Morgan fingerprint density at radius 3 is 2.96 bits per heavy atom. The van der Waals surface area contributed by atoms with Gasteiger partial charge < -0.3 is 10.2 Å². The van der Waals surface area contributed by atoms with Crippen LogP contribution in [0.3, 0.4) is 0 Å². The third-order valence-corrected chi connectivity index (χ3v) is 5.60. The Balaban J connectivity index is 1.47. The Morgan fingerprint density at radius 2 is 2.12 bits per heavy atom.